The smallest absolute Gasteiger partial charge is 0.264 e. The van der Waals surface area contributed by atoms with Gasteiger partial charge in [0.25, 0.3) is 10.0 Å². The Morgan fingerprint density at radius 1 is 1.11 bits per heavy atom. The van der Waals surface area contributed by atoms with E-state index in [0.717, 1.165) is 32.9 Å². The largest absolute Gasteiger partial charge is 0.497 e. The molecule has 6 rings (SSSR count). The Balaban J connectivity index is 1.23. The van der Waals surface area contributed by atoms with Crippen molar-refractivity contribution >= 4 is 26.7 Å². The van der Waals surface area contributed by atoms with Crippen molar-refractivity contribution in [3.05, 3.63) is 90.0 Å². The Bertz CT molecular complexity index is 1840. The van der Waals surface area contributed by atoms with Crippen molar-refractivity contribution in [2.75, 3.05) is 20.8 Å². The summed E-state index contributed by atoms with van der Waals surface area (Å²) >= 11 is 0. The van der Waals surface area contributed by atoms with Crippen molar-refractivity contribution in [2.24, 2.45) is 0 Å². The molecule has 3 heterocycles. The Morgan fingerprint density at radius 3 is 2.70 bits per heavy atom. The van der Waals surface area contributed by atoms with Gasteiger partial charge >= 0.3 is 0 Å². The van der Waals surface area contributed by atoms with E-state index in [1.54, 1.807) is 48.3 Å². The molecule has 1 amide bonds. The number of ether oxygens (including phenoxy) is 2. The number of amides is 1. The molecule has 0 radical (unpaired) electrons. The summed E-state index contributed by atoms with van der Waals surface area (Å²) in [6, 6.07) is 15.9. The molecule has 2 aliphatic heterocycles. The third kappa shape index (κ3) is 5.74. The van der Waals surface area contributed by atoms with Crippen molar-refractivity contribution in [1.29, 1.82) is 0 Å². The number of nitrogens with one attached hydrogen (secondary N) is 1. The summed E-state index contributed by atoms with van der Waals surface area (Å²) in [7, 11) is -0.386. The molecule has 2 atom stereocenters. The number of sulfonamides is 1. The minimum Gasteiger partial charge on any atom is -0.497 e. The van der Waals surface area contributed by atoms with E-state index < -0.39 is 22.0 Å². The second kappa shape index (κ2) is 11.9. The van der Waals surface area contributed by atoms with Crippen molar-refractivity contribution in [1.82, 2.24) is 29.5 Å². The number of aromatic nitrogens is 3. The number of hydrogen-bond donors (Lipinski definition) is 1. The minimum absolute atomic E-state index is 0.0523. The molecule has 2 aliphatic rings. The highest BCUT2D eigenvalue weighted by molar-refractivity contribution is 7.89. The molecular weight excluding hydrogens is 580 g/mol. The molecule has 0 bridgehead atoms. The van der Waals surface area contributed by atoms with Crippen molar-refractivity contribution in [2.45, 2.75) is 56.3 Å². The van der Waals surface area contributed by atoms with E-state index in [4.69, 9.17) is 9.47 Å². The van der Waals surface area contributed by atoms with Gasteiger partial charge in [-0.25, -0.2) is 13.1 Å². The first-order valence-corrected chi connectivity index (χ1v) is 16.0. The van der Waals surface area contributed by atoms with E-state index in [9.17, 15) is 13.2 Å². The van der Waals surface area contributed by atoms with E-state index in [0.29, 0.717) is 30.5 Å². The SMILES string of the molecule is COc1ccc2cc(S(=O)(=O)N3C=CNC(=O)C3Cc3cn(C4CCOc5cc(CN(C)C(C)C)ccc54)nn3)ccc2c1. The summed E-state index contributed by atoms with van der Waals surface area (Å²) < 4.78 is 41.8. The average molecular weight is 617 g/mol. The third-order valence-corrected chi connectivity index (χ3v) is 10.1. The summed E-state index contributed by atoms with van der Waals surface area (Å²) in [5.74, 6) is 1.07. The molecule has 1 aromatic heterocycles. The van der Waals surface area contributed by atoms with Gasteiger partial charge in [-0.05, 0) is 67.6 Å². The van der Waals surface area contributed by atoms with E-state index >= 15 is 0 Å². The Hall–Kier alpha value is -4.42. The van der Waals surface area contributed by atoms with Gasteiger partial charge in [0, 0.05) is 49.6 Å². The number of hydrogen-bond acceptors (Lipinski definition) is 8. The maximum absolute atomic E-state index is 13.8. The van der Waals surface area contributed by atoms with Crippen LogP contribution in [-0.2, 0) is 27.8 Å². The number of rotatable bonds is 9. The van der Waals surface area contributed by atoms with Crippen molar-refractivity contribution in [3.63, 3.8) is 0 Å². The highest BCUT2D eigenvalue weighted by Crippen LogP contribution is 2.35. The first kappa shape index (κ1) is 29.6. The van der Waals surface area contributed by atoms with Gasteiger partial charge in [0.05, 0.1) is 30.3 Å². The zero-order valence-corrected chi connectivity index (χ0v) is 26.0. The number of nitrogens with zero attached hydrogens (tertiary/aromatic N) is 5. The summed E-state index contributed by atoms with van der Waals surface area (Å²) in [6.07, 6.45) is 5.27. The molecule has 11 nitrogen and oxygen atoms in total. The molecule has 0 saturated carbocycles. The number of fused-ring (bicyclic) bond motifs is 2. The van der Waals surface area contributed by atoms with Crippen molar-refractivity contribution < 1.29 is 22.7 Å². The quantitative estimate of drug-likeness (QED) is 0.301. The van der Waals surface area contributed by atoms with Gasteiger partial charge in [-0.15, -0.1) is 5.10 Å². The van der Waals surface area contributed by atoms with Crippen LogP contribution in [0.3, 0.4) is 0 Å². The second-order valence-corrected chi connectivity index (χ2v) is 13.3. The molecule has 4 aromatic rings. The van der Waals surface area contributed by atoms with E-state index in [2.05, 4.69) is 59.6 Å². The summed E-state index contributed by atoms with van der Waals surface area (Å²) in [4.78, 5) is 15.4. The lowest BCUT2D eigenvalue weighted by atomic mass is 9.98. The van der Waals surface area contributed by atoms with Gasteiger partial charge in [-0.1, -0.05) is 29.5 Å². The number of carbonyl (C=O) groups is 1. The summed E-state index contributed by atoms with van der Waals surface area (Å²) in [6.45, 7) is 5.68. The molecule has 44 heavy (non-hydrogen) atoms. The monoisotopic (exact) mass is 616 g/mol. The maximum atomic E-state index is 13.8. The van der Waals surface area contributed by atoms with Crippen molar-refractivity contribution in [3.8, 4) is 11.5 Å². The van der Waals surface area contributed by atoms with Crippen LogP contribution in [0.25, 0.3) is 10.8 Å². The first-order chi connectivity index (χ1) is 21.1. The lowest BCUT2D eigenvalue weighted by molar-refractivity contribution is -0.124. The topological polar surface area (TPSA) is 119 Å². The first-order valence-electron chi connectivity index (χ1n) is 14.6. The van der Waals surface area contributed by atoms with E-state index in [1.807, 2.05) is 6.07 Å². The second-order valence-electron chi connectivity index (χ2n) is 11.5. The van der Waals surface area contributed by atoms with Gasteiger partial charge in [0.15, 0.2) is 0 Å². The van der Waals surface area contributed by atoms with Gasteiger partial charge in [-0.3, -0.25) is 14.0 Å². The molecular formula is C32H36N6O5S. The highest BCUT2D eigenvalue weighted by Gasteiger charge is 2.36. The summed E-state index contributed by atoms with van der Waals surface area (Å²) in [5, 5.41) is 13.0. The fourth-order valence-electron chi connectivity index (χ4n) is 5.57. The fraction of sp³-hybridized carbons (Fsp3) is 0.344. The predicted octanol–water partition coefficient (Wildman–Crippen LogP) is 3.86. The lowest BCUT2D eigenvalue weighted by Gasteiger charge is -2.31. The Morgan fingerprint density at radius 2 is 1.91 bits per heavy atom. The van der Waals surface area contributed by atoms with Crippen LogP contribution in [0.15, 0.2) is 78.1 Å². The fourth-order valence-corrected chi connectivity index (χ4v) is 7.05. The van der Waals surface area contributed by atoms with E-state index in [-0.39, 0.29) is 17.4 Å². The Kier molecular flexibility index (Phi) is 8.04. The molecule has 0 fully saturated rings. The lowest BCUT2D eigenvalue weighted by Crippen LogP contribution is -2.50. The number of methoxy groups -OCH3 is 1. The van der Waals surface area contributed by atoms with E-state index in [1.165, 1.54) is 18.0 Å². The van der Waals surface area contributed by atoms with Crippen LogP contribution in [0.5, 0.6) is 11.5 Å². The Labute approximate surface area is 257 Å². The van der Waals surface area contributed by atoms with Crippen LogP contribution >= 0.6 is 0 Å². The standard InChI is InChI=1S/C32H36N6O5S/c1-21(2)36(3)19-22-5-10-28-29(11-14-43-31(28)15-22)37-20-25(34-35-37)18-30-32(39)33-12-13-38(30)44(40,41)27-9-7-23-16-26(42-4)8-6-24(23)17-27/h5-10,12-13,15-17,20-21,29-30H,11,14,18-19H2,1-4H3,(H,33,39). The minimum atomic E-state index is -4.06. The van der Waals surface area contributed by atoms with Crippen LogP contribution in [0, 0.1) is 0 Å². The van der Waals surface area contributed by atoms with Crippen LogP contribution in [0.4, 0.5) is 0 Å². The van der Waals surface area contributed by atoms with Gasteiger partial charge in [0.1, 0.15) is 17.5 Å². The van der Waals surface area contributed by atoms with Gasteiger partial charge in [0.2, 0.25) is 5.91 Å². The van der Waals surface area contributed by atoms with Crippen LogP contribution in [0.1, 0.15) is 43.1 Å². The molecule has 0 aliphatic carbocycles. The van der Waals surface area contributed by atoms with Crippen LogP contribution < -0.4 is 14.8 Å². The highest BCUT2D eigenvalue weighted by atomic mass is 32.2. The van der Waals surface area contributed by atoms with Crippen LogP contribution in [0.2, 0.25) is 0 Å². The number of carbonyl (C=O) groups excluding carboxylic acids is 1. The molecule has 1 N–H and O–H groups in total. The molecule has 2 unspecified atom stereocenters. The van der Waals surface area contributed by atoms with Crippen LogP contribution in [-0.4, -0.2) is 71.4 Å². The third-order valence-electron chi connectivity index (χ3n) is 8.33. The molecule has 12 heteroatoms. The molecule has 230 valence electrons. The molecule has 0 saturated heterocycles. The predicted molar refractivity (Wildman–Crippen MR) is 166 cm³/mol. The van der Waals surface area contributed by atoms with Gasteiger partial charge < -0.3 is 14.8 Å². The van der Waals surface area contributed by atoms with Gasteiger partial charge in [-0.2, -0.15) is 0 Å². The number of benzene rings is 3. The normalized spacial score (nSPS) is 18.4. The average Bonchev–Trinajstić information content (AvgIpc) is 3.49. The molecule has 0 spiro atoms. The summed E-state index contributed by atoms with van der Waals surface area (Å²) in [5.41, 5.74) is 2.69. The zero-order valence-electron chi connectivity index (χ0n) is 25.2. The maximum Gasteiger partial charge on any atom is 0.264 e. The molecule has 3 aromatic carbocycles. The zero-order chi connectivity index (χ0) is 31.0.